The van der Waals surface area contributed by atoms with Crippen LogP contribution < -0.4 is 10.5 Å². The first-order valence-electron chi connectivity index (χ1n) is 5.98. The molecule has 0 aliphatic carbocycles. The first-order valence-corrected chi connectivity index (χ1v) is 5.98. The lowest BCUT2D eigenvalue weighted by Gasteiger charge is -2.13. The Hall–Kier alpha value is -2.07. The zero-order valence-corrected chi connectivity index (χ0v) is 10.7. The van der Waals surface area contributed by atoms with Gasteiger partial charge in [-0.1, -0.05) is 18.2 Å². The molecule has 19 heavy (non-hydrogen) atoms. The highest BCUT2D eigenvalue weighted by atomic mass is 19.1. The second-order valence-corrected chi connectivity index (χ2v) is 4.07. The van der Waals surface area contributed by atoms with Crippen LogP contribution in [0.3, 0.4) is 0 Å². The molecule has 2 aromatic carbocycles. The number of nitrogen functional groups attached to an aromatic ring is 1. The molecule has 0 aliphatic heterocycles. The Morgan fingerprint density at radius 3 is 2.63 bits per heavy atom. The Bertz CT molecular complexity index is 558. The van der Waals surface area contributed by atoms with E-state index in [4.69, 9.17) is 15.2 Å². The third-order valence-corrected chi connectivity index (χ3v) is 2.74. The summed E-state index contributed by atoms with van der Waals surface area (Å²) in [7, 11) is 1.61. The summed E-state index contributed by atoms with van der Waals surface area (Å²) < 4.78 is 23.9. The van der Waals surface area contributed by atoms with Crippen LogP contribution in [0.4, 0.5) is 10.1 Å². The minimum Gasteiger partial charge on any atom is -0.491 e. The van der Waals surface area contributed by atoms with Gasteiger partial charge in [0.25, 0.3) is 0 Å². The van der Waals surface area contributed by atoms with Gasteiger partial charge in [0, 0.05) is 23.9 Å². The number of halogens is 1. The van der Waals surface area contributed by atoms with E-state index in [0.29, 0.717) is 30.2 Å². The summed E-state index contributed by atoms with van der Waals surface area (Å²) >= 11 is 0. The smallest absolute Gasteiger partial charge is 0.127 e. The van der Waals surface area contributed by atoms with E-state index in [1.165, 1.54) is 12.1 Å². The number of nitrogens with two attached hydrogens (primary N) is 1. The van der Waals surface area contributed by atoms with E-state index >= 15 is 0 Å². The first-order chi connectivity index (χ1) is 9.22. The van der Waals surface area contributed by atoms with E-state index in [2.05, 4.69) is 0 Å². The van der Waals surface area contributed by atoms with Gasteiger partial charge in [0.1, 0.15) is 18.2 Å². The van der Waals surface area contributed by atoms with E-state index in [1.807, 2.05) is 24.3 Å². The molecule has 0 heterocycles. The summed E-state index contributed by atoms with van der Waals surface area (Å²) in [5.41, 5.74) is 7.82. The van der Waals surface area contributed by atoms with Gasteiger partial charge < -0.3 is 15.2 Å². The maximum Gasteiger partial charge on any atom is 0.127 e. The zero-order valence-electron chi connectivity index (χ0n) is 10.7. The van der Waals surface area contributed by atoms with Crippen molar-refractivity contribution in [2.45, 2.75) is 0 Å². The van der Waals surface area contributed by atoms with Crippen LogP contribution in [0.15, 0.2) is 42.5 Å². The Morgan fingerprint density at radius 2 is 1.84 bits per heavy atom. The molecular weight excluding hydrogens is 245 g/mol. The van der Waals surface area contributed by atoms with Crippen molar-refractivity contribution in [3.05, 3.63) is 48.3 Å². The lowest BCUT2D eigenvalue weighted by atomic mass is 10.0. The van der Waals surface area contributed by atoms with Crippen molar-refractivity contribution in [2.24, 2.45) is 0 Å². The lowest BCUT2D eigenvalue weighted by molar-refractivity contribution is 0.146. The molecular formula is C15H16FNO2. The predicted molar refractivity (Wildman–Crippen MR) is 73.6 cm³/mol. The summed E-state index contributed by atoms with van der Waals surface area (Å²) in [5, 5.41) is 0. The zero-order chi connectivity index (χ0) is 13.7. The van der Waals surface area contributed by atoms with Crippen molar-refractivity contribution in [1.29, 1.82) is 0 Å². The van der Waals surface area contributed by atoms with Crippen molar-refractivity contribution < 1.29 is 13.9 Å². The predicted octanol–water partition coefficient (Wildman–Crippen LogP) is 3.10. The summed E-state index contributed by atoms with van der Waals surface area (Å²) in [4.78, 5) is 0. The van der Waals surface area contributed by atoms with Crippen molar-refractivity contribution in [2.75, 3.05) is 26.1 Å². The van der Waals surface area contributed by atoms with Crippen molar-refractivity contribution >= 4 is 5.69 Å². The molecule has 0 saturated heterocycles. The van der Waals surface area contributed by atoms with Crippen LogP contribution in [0, 0.1) is 5.82 Å². The maximum absolute atomic E-state index is 13.4. The SMILES string of the molecule is COCCOc1ccccc1-c1cc(F)ccc1N. The quantitative estimate of drug-likeness (QED) is 0.664. The van der Waals surface area contributed by atoms with Gasteiger partial charge in [-0.25, -0.2) is 4.39 Å². The molecule has 0 fully saturated rings. The minimum atomic E-state index is -0.323. The van der Waals surface area contributed by atoms with Gasteiger partial charge in [0.15, 0.2) is 0 Å². The van der Waals surface area contributed by atoms with Gasteiger partial charge >= 0.3 is 0 Å². The Kier molecular flexibility index (Phi) is 4.36. The number of ether oxygens (including phenoxy) is 2. The molecule has 2 aromatic rings. The third-order valence-electron chi connectivity index (χ3n) is 2.74. The standard InChI is InChI=1S/C15H16FNO2/c1-18-8-9-19-15-5-3-2-4-12(15)13-10-11(16)6-7-14(13)17/h2-7,10H,8-9,17H2,1H3. The third kappa shape index (κ3) is 3.23. The van der Waals surface area contributed by atoms with Crippen LogP contribution in [0.1, 0.15) is 0 Å². The molecule has 100 valence electrons. The van der Waals surface area contributed by atoms with E-state index in [1.54, 1.807) is 13.2 Å². The number of para-hydroxylation sites is 1. The van der Waals surface area contributed by atoms with Crippen molar-refractivity contribution in [3.8, 4) is 16.9 Å². The molecule has 3 nitrogen and oxygen atoms in total. The Balaban J connectivity index is 2.35. The van der Waals surface area contributed by atoms with Gasteiger partial charge in [0.2, 0.25) is 0 Å². The van der Waals surface area contributed by atoms with Crippen molar-refractivity contribution in [1.82, 2.24) is 0 Å². The average Bonchev–Trinajstić information content (AvgIpc) is 2.42. The van der Waals surface area contributed by atoms with Crippen LogP contribution in [0.5, 0.6) is 5.75 Å². The van der Waals surface area contributed by atoms with E-state index in [9.17, 15) is 4.39 Å². The molecule has 2 rings (SSSR count). The molecule has 0 saturated carbocycles. The fourth-order valence-corrected chi connectivity index (χ4v) is 1.81. The van der Waals surface area contributed by atoms with Crippen LogP contribution in [0.25, 0.3) is 11.1 Å². The average molecular weight is 261 g/mol. The van der Waals surface area contributed by atoms with Crippen LogP contribution >= 0.6 is 0 Å². The largest absolute Gasteiger partial charge is 0.491 e. The number of hydrogen-bond acceptors (Lipinski definition) is 3. The fourth-order valence-electron chi connectivity index (χ4n) is 1.81. The van der Waals surface area contributed by atoms with Gasteiger partial charge in [-0.2, -0.15) is 0 Å². The maximum atomic E-state index is 13.4. The normalized spacial score (nSPS) is 10.4. The molecule has 0 aliphatic rings. The van der Waals surface area contributed by atoms with Crippen molar-refractivity contribution in [3.63, 3.8) is 0 Å². The second-order valence-electron chi connectivity index (χ2n) is 4.07. The highest BCUT2D eigenvalue weighted by molar-refractivity contribution is 5.80. The van der Waals surface area contributed by atoms with Gasteiger partial charge in [0.05, 0.1) is 6.61 Å². The molecule has 0 amide bonds. The molecule has 4 heteroatoms. The number of benzene rings is 2. The van der Waals surface area contributed by atoms with E-state index < -0.39 is 0 Å². The van der Waals surface area contributed by atoms with E-state index in [-0.39, 0.29) is 5.82 Å². The second kappa shape index (κ2) is 6.20. The molecule has 0 unspecified atom stereocenters. The number of anilines is 1. The molecule has 0 aromatic heterocycles. The highest BCUT2D eigenvalue weighted by Gasteiger charge is 2.09. The monoisotopic (exact) mass is 261 g/mol. The summed E-state index contributed by atoms with van der Waals surface area (Å²) in [5.74, 6) is 0.341. The topological polar surface area (TPSA) is 44.5 Å². The van der Waals surface area contributed by atoms with Gasteiger partial charge in [-0.05, 0) is 24.3 Å². The van der Waals surface area contributed by atoms with Gasteiger partial charge in [-0.3, -0.25) is 0 Å². The molecule has 0 radical (unpaired) electrons. The van der Waals surface area contributed by atoms with E-state index in [0.717, 1.165) is 5.56 Å². The number of methoxy groups -OCH3 is 1. The number of hydrogen-bond donors (Lipinski definition) is 1. The first kappa shape index (κ1) is 13.4. The summed E-state index contributed by atoms with van der Waals surface area (Å²) in [6, 6.07) is 11.7. The fraction of sp³-hybridized carbons (Fsp3) is 0.200. The molecule has 0 spiro atoms. The Labute approximate surface area is 111 Å². The highest BCUT2D eigenvalue weighted by Crippen LogP contribution is 2.34. The van der Waals surface area contributed by atoms with Crippen LogP contribution in [0.2, 0.25) is 0 Å². The summed E-state index contributed by atoms with van der Waals surface area (Å²) in [6.45, 7) is 0.926. The number of rotatable bonds is 5. The Morgan fingerprint density at radius 1 is 1.05 bits per heavy atom. The van der Waals surface area contributed by atoms with Crippen LogP contribution in [-0.2, 0) is 4.74 Å². The molecule has 2 N–H and O–H groups in total. The van der Waals surface area contributed by atoms with Crippen LogP contribution in [-0.4, -0.2) is 20.3 Å². The summed E-state index contributed by atoms with van der Waals surface area (Å²) in [6.07, 6.45) is 0. The lowest BCUT2D eigenvalue weighted by Crippen LogP contribution is -2.05. The molecule has 0 bridgehead atoms. The molecule has 0 atom stereocenters. The van der Waals surface area contributed by atoms with Gasteiger partial charge in [-0.15, -0.1) is 0 Å². The minimum absolute atomic E-state index is 0.323.